The maximum atomic E-state index is 12.2. The Labute approximate surface area is 172 Å². The number of amides is 1. The molecule has 2 aromatic rings. The van der Waals surface area contributed by atoms with E-state index in [1.165, 1.54) is 12.7 Å². The number of rotatable bonds is 9. The van der Waals surface area contributed by atoms with Crippen LogP contribution in [-0.2, 0) is 16.0 Å². The first kappa shape index (κ1) is 22.0. The molecule has 0 aliphatic heterocycles. The van der Waals surface area contributed by atoms with E-state index in [1.807, 2.05) is 68.5 Å². The number of allylic oxidation sites excluding steroid dienone is 2. The summed E-state index contributed by atoms with van der Waals surface area (Å²) in [5.41, 5.74) is 2.64. The summed E-state index contributed by atoms with van der Waals surface area (Å²) in [6.07, 6.45) is 7.06. The second-order valence-corrected chi connectivity index (χ2v) is 6.08. The Morgan fingerprint density at radius 3 is 2.45 bits per heavy atom. The molecule has 0 bridgehead atoms. The Hall–Kier alpha value is -3.28. The van der Waals surface area contributed by atoms with Gasteiger partial charge < -0.3 is 14.3 Å². The highest BCUT2D eigenvalue weighted by Gasteiger charge is 2.12. The van der Waals surface area contributed by atoms with Crippen molar-refractivity contribution in [1.82, 2.24) is 0 Å². The summed E-state index contributed by atoms with van der Waals surface area (Å²) >= 11 is 0. The molecule has 1 amide bonds. The first-order valence-electron chi connectivity index (χ1n) is 9.52. The molecular formula is C23H27N2O4. The second-order valence-electron chi connectivity index (χ2n) is 6.08. The molecule has 0 saturated heterocycles. The molecule has 1 radical (unpaired) electrons. The lowest BCUT2D eigenvalue weighted by Crippen LogP contribution is -2.19. The fourth-order valence-electron chi connectivity index (χ4n) is 2.54. The Morgan fingerprint density at radius 2 is 1.83 bits per heavy atom. The molecule has 0 heterocycles. The lowest BCUT2D eigenvalue weighted by atomic mass is 10.1. The largest absolute Gasteiger partial charge is 0.494 e. The van der Waals surface area contributed by atoms with Crippen LogP contribution in [0.3, 0.4) is 0 Å². The minimum Gasteiger partial charge on any atom is -0.494 e. The molecule has 6 heteroatoms. The quantitative estimate of drug-likeness (QED) is 0.269. The molecular weight excluding hydrogens is 368 g/mol. The molecule has 0 atom stereocenters. The Bertz CT molecular complexity index is 812. The molecule has 0 aromatic heterocycles. The number of ether oxygens (including phenoxy) is 2. The van der Waals surface area contributed by atoms with Crippen LogP contribution in [-0.4, -0.2) is 25.7 Å². The van der Waals surface area contributed by atoms with Gasteiger partial charge >= 0.3 is 6.09 Å². The van der Waals surface area contributed by atoms with E-state index in [1.54, 1.807) is 6.42 Å². The third-order valence-corrected chi connectivity index (χ3v) is 3.90. The number of hydrogen-bond donors (Lipinski definition) is 1. The Balaban J connectivity index is 1.91. The van der Waals surface area contributed by atoms with Crippen LogP contribution in [0.4, 0.5) is 10.5 Å². The van der Waals surface area contributed by atoms with E-state index in [0.717, 1.165) is 24.2 Å². The fraction of sp³-hybridized carbons (Fsp3) is 0.261. The van der Waals surface area contributed by atoms with Gasteiger partial charge in [-0.25, -0.2) is 4.79 Å². The van der Waals surface area contributed by atoms with Crippen LogP contribution in [0.25, 0.3) is 0 Å². The molecule has 0 saturated carbocycles. The molecule has 0 spiro atoms. The van der Waals surface area contributed by atoms with E-state index in [0.29, 0.717) is 12.3 Å². The first-order valence-corrected chi connectivity index (χ1v) is 9.52. The standard InChI is InChI=1S/C23H27N2O4/c1-4-6-7-8-18-9-13-20(14-10-18)24-23(26)29-22(25-27-3)17-19-11-15-21(16-12-19)28-5-2/h4,6,9-17H,5,7-8H2,1-3H3,(H,24,26). The number of aryl methyl sites for hydroxylation is 1. The van der Waals surface area contributed by atoms with Crippen molar-refractivity contribution in [1.29, 1.82) is 0 Å². The first-order chi connectivity index (χ1) is 14.1. The van der Waals surface area contributed by atoms with Gasteiger partial charge in [0.25, 0.3) is 0 Å². The number of benzene rings is 2. The number of nitrogens with one attached hydrogen (secondary N) is 1. The van der Waals surface area contributed by atoms with Crippen LogP contribution in [0.1, 0.15) is 31.4 Å². The van der Waals surface area contributed by atoms with Crippen molar-refractivity contribution in [2.75, 3.05) is 19.0 Å². The van der Waals surface area contributed by atoms with Crippen LogP contribution < -0.4 is 10.1 Å². The fourth-order valence-corrected chi connectivity index (χ4v) is 2.54. The maximum Gasteiger partial charge on any atom is 0.418 e. The molecule has 0 aliphatic rings. The van der Waals surface area contributed by atoms with Crippen molar-refractivity contribution in [2.45, 2.75) is 26.7 Å². The zero-order chi connectivity index (χ0) is 20.9. The van der Waals surface area contributed by atoms with Crippen molar-refractivity contribution in [2.24, 2.45) is 5.16 Å². The summed E-state index contributed by atoms with van der Waals surface area (Å²) in [5.74, 6) is 0.805. The van der Waals surface area contributed by atoms with Crippen molar-refractivity contribution in [3.63, 3.8) is 0 Å². The lowest BCUT2D eigenvalue weighted by molar-refractivity contribution is 0.188. The van der Waals surface area contributed by atoms with Gasteiger partial charge in [-0.05, 0) is 62.1 Å². The lowest BCUT2D eigenvalue weighted by Gasteiger charge is -2.09. The van der Waals surface area contributed by atoms with Crippen molar-refractivity contribution < 1.29 is 19.1 Å². The highest BCUT2D eigenvalue weighted by Crippen LogP contribution is 2.15. The zero-order valence-corrected chi connectivity index (χ0v) is 17.1. The molecule has 6 nitrogen and oxygen atoms in total. The molecule has 2 rings (SSSR count). The van der Waals surface area contributed by atoms with Crippen LogP contribution in [0.2, 0.25) is 0 Å². The summed E-state index contributed by atoms with van der Waals surface area (Å²) in [4.78, 5) is 17.0. The van der Waals surface area contributed by atoms with E-state index in [4.69, 9.17) is 14.3 Å². The number of carbonyl (C=O) groups is 1. The summed E-state index contributed by atoms with van der Waals surface area (Å²) in [6, 6.07) is 15.0. The van der Waals surface area contributed by atoms with Crippen molar-refractivity contribution in [3.8, 4) is 5.75 Å². The van der Waals surface area contributed by atoms with Gasteiger partial charge in [0.1, 0.15) is 12.9 Å². The number of oxime groups is 1. The van der Waals surface area contributed by atoms with E-state index in [-0.39, 0.29) is 5.90 Å². The maximum absolute atomic E-state index is 12.2. The number of anilines is 1. The van der Waals surface area contributed by atoms with E-state index >= 15 is 0 Å². The summed E-state index contributed by atoms with van der Waals surface area (Å²) in [6.45, 7) is 4.53. The minimum atomic E-state index is -0.648. The Morgan fingerprint density at radius 1 is 1.10 bits per heavy atom. The van der Waals surface area contributed by atoms with Gasteiger partial charge in [0, 0.05) is 5.69 Å². The molecule has 0 fully saturated rings. The van der Waals surface area contributed by atoms with Gasteiger partial charge in [0.05, 0.1) is 13.0 Å². The van der Waals surface area contributed by atoms with E-state index in [2.05, 4.69) is 16.5 Å². The van der Waals surface area contributed by atoms with Gasteiger partial charge in [0.15, 0.2) is 0 Å². The normalized spacial score (nSPS) is 11.3. The molecule has 1 N–H and O–H groups in total. The Kier molecular flexibility index (Phi) is 9.29. The third-order valence-electron chi connectivity index (χ3n) is 3.90. The van der Waals surface area contributed by atoms with E-state index in [9.17, 15) is 4.79 Å². The van der Waals surface area contributed by atoms with Gasteiger partial charge in [-0.1, -0.05) is 41.6 Å². The number of carbonyl (C=O) groups excluding carboxylic acids is 1. The minimum absolute atomic E-state index is 0.0390. The average Bonchev–Trinajstić information content (AvgIpc) is 2.71. The molecule has 0 unspecified atom stereocenters. The predicted molar refractivity (Wildman–Crippen MR) is 115 cm³/mol. The zero-order valence-electron chi connectivity index (χ0n) is 17.1. The molecule has 153 valence electrons. The summed E-state index contributed by atoms with van der Waals surface area (Å²) in [5, 5.41) is 6.44. The highest BCUT2D eigenvalue weighted by molar-refractivity contribution is 5.99. The molecule has 0 aliphatic carbocycles. The van der Waals surface area contributed by atoms with Crippen LogP contribution in [0, 0.1) is 6.42 Å². The topological polar surface area (TPSA) is 69.2 Å². The smallest absolute Gasteiger partial charge is 0.418 e. The van der Waals surface area contributed by atoms with Crippen molar-refractivity contribution >= 4 is 17.7 Å². The van der Waals surface area contributed by atoms with Crippen LogP contribution in [0.5, 0.6) is 5.75 Å². The predicted octanol–water partition coefficient (Wildman–Crippen LogP) is 5.35. The van der Waals surface area contributed by atoms with E-state index < -0.39 is 6.09 Å². The van der Waals surface area contributed by atoms with Crippen LogP contribution >= 0.6 is 0 Å². The number of hydrogen-bond acceptors (Lipinski definition) is 5. The third kappa shape index (κ3) is 8.09. The van der Waals surface area contributed by atoms with Gasteiger partial charge in [-0.15, -0.1) is 0 Å². The average molecular weight is 395 g/mol. The number of nitrogens with zero attached hydrogens (tertiary/aromatic N) is 1. The van der Waals surface area contributed by atoms with Gasteiger partial charge in [0.2, 0.25) is 5.90 Å². The summed E-state index contributed by atoms with van der Waals surface area (Å²) in [7, 11) is 1.39. The molecule has 2 aromatic carbocycles. The summed E-state index contributed by atoms with van der Waals surface area (Å²) < 4.78 is 10.7. The SMILES string of the molecule is CC=CCCc1ccc(NC(=O)OC([CH]c2ccc(OCC)cc2)=NOC)cc1. The monoisotopic (exact) mass is 395 g/mol. The van der Waals surface area contributed by atoms with Crippen molar-refractivity contribution in [3.05, 3.63) is 78.2 Å². The van der Waals surface area contributed by atoms with Crippen LogP contribution in [0.15, 0.2) is 65.8 Å². The van der Waals surface area contributed by atoms with Gasteiger partial charge in [-0.3, -0.25) is 5.32 Å². The van der Waals surface area contributed by atoms with Gasteiger partial charge in [-0.2, -0.15) is 0 Å². The second kappa shape index (κ2) is 12.2. The molecule has 29 heavy (non-hydrogen) atoms. The highest BCUT2D eigenvalue weighted by atomic mass is 16.6.